The minimum atomic E-state index is 0.738. The van der Waals surface area contributed by atoms with Crippen LogP contribution >= 0.6 is 0 Å². The molecule has 4 nitrogen and oxygen atoms in total. The second-order valence-electron chi connectivity index (χ2n) is 3.55. The average molecular weight is 239 g/mol. The summed E-state index contributed by atoms with van der Waals surface area (Å²) in [5.74, 6) is 1.48. The third-order valence-electron chi connectivity index (χ3n) is 2.38. The van der Waals surface area contributed by atoms with Gasteiger partial charge in [-0.05, 0) is 25.5 Å². The van der Waals surface area contributed by atoms with Gasteiger partial charge in [-0.1, -0.05) is 0 Å². The number of hydrogen-bond donors (Lipinski definition) is 1. The Kier molecular flexibility index (Phi) is 6.25. The van der Waals surface area contributed by atoms with Gasteiger partial charge >= 0.3 is 0 Å². The van der Waals surface area contributed by atoms with Gasteiger partial charge in [0.15, 0.2) is 11.5 Å². The molecule has 0 aliphatic rings. The second-order valence-corrected chi connectivity index (χ2v) is 3.55. The van der Waals surface area contributed by atoms with Crippen LogP contribution in [0.2, 0.25) is 0 Å². The van der Waals surface area contributed by atoms with Gasteiger partial charge in [-0.3, -0.25) is 0 Å². The minimum Gasteiger partial charge on any atom is -0.493 e. The number of nitrogens with one attached hydrogen (secondary N) is 1. The van der Waals surface area contributed by atoms with Crippen LogP contribution in [0.1, 0.15) is 13.3 Å². The number of methoxy groups -OCH3 is 2. The number of benzene rings is 1. The lowest BCUT2D eigenvalue weighted by atomic mass is 10.2. The van der Waals surface area contributed by atoms with Gasteiger partial charge in [0.05, 0.1) is 14.2 Å². The number of hydrogen-bond acceptors (Lipinski definition) is 4. The van der Waals surface area contributed by atoms with E-state index in [1.54, 1.807) is 14.2 Å². The van der Waals surface area contributed by atoms with Crippen molar-refractivity contribution in [3.05, 3.63) is 18.2 Å². The zero-order valence-corrected chi connectivity index (χ0v) is 10.8. The molecular weight excluding hydrogens is 218 g/mol. The van der Waals surface area contributed by atoms with Gasteiger partial charge in [-0.2, -0.15) is 0 Å². The molecule has 0 bridgehead atoms. The predicted molar refractivity (Wildman–Crippen MR) is 69.1 cm³/mol. The molecule has 0 unspecified atom stereocenters. The zero-order valence-electron chi connectivity index (χ0n) is 10.8. The van der Waals surface area contributed by atoms with Crippen LogP contribution in [0.15, 0.2) is 18.2 Å². The first-order chi connectivity index (χ1) is 8.31. The van der Waals surface area contributed by atoms with Crippen molar-refractivity contribution in [3.8, 4) is 11.5 Å². The zero-order chi connectivity index (χ0) is 12.5. The van der Waals surface area contributed by atoms with E-state index < -0.39 is 0 Å². The summed E-state index contributed by atoms with van der Waals surface area (Å²) in [7, 11) is 3.27. The molecule has 4 heteroatoms. The second kappa shape index (κ2) is 7.79. The summed E-state index contributed by atoms with van der Waals surface area (Å²) >= 11 is 0. The van der Waals surface area contributed by atoms with E-state index in [2.05, 4.69) is 5.32 Å². The number of anilines is 1. The molecule has 0 aliphatic heterocycles. The Balaban J connectivity index is 2.43. The van der Waals surface area contributed by atoms with Gasteiger partial charge in [0, 0.05) is 31.5 Å². The fraction of sp³-hybridized carbons (Fsp3) is 0.538. The van der Waals surface area contributed by atoms with E-state index in [0.29, 0.717) is 0 Å². The molecule has 17 heavy (non-hydrogen) atoms. The highest BCUT2D eigenvalue weighted by molar-refractivity contribution is 5.54. The summed E-state index contributed by atoms with van der Waals surface area (Å²) in [5, 5.41) is 3.31. The van der Waals surface area contributed by atoms with E-state index in [1.807, 2.05) is 25.1 Å². The van der Waals surface area contributed by atoms with Crippen LogP contribution in [0.5, 0.6) is 11.5 Å². The highest BCUT2D eigenvalue weighted by Crippen LogP contribution is 2.29. The monoisotopic (exact) mass is 239 g/mol. The molecule has 1 N–H and O–H groups in total. The fourth-order valence-electron chi connectivity index (χ4n) is 1.50. The van der Waals surface area contributed by atoms with E-state index in [-0.39, 0.29) is 0 Å². The molecule has 0 aromatic heterocycles. The van der Waals surface area contributed by atoms with Crippen molar-refractivity contribution < 1.29 is 14.2 Å². The molecule has 0 heterocycles. The van der Waals surface area contributed by atoms with Crippen LogP contribution in [0.25, 0.3) is 0 Å². The van der Waals surface area contributed by atoms with Crippen molar-refractivity contribution in [1.29, 1.82) is 0 Å². The van der Waals surface area contributed by atoms with Crippen LogP contribution in [0.3, 0.4) is 0 Å². The number of ether oxygens (including phenoxy) is 3. The molecule has 0 radical (unpaired) electrons. The Morgan fingerprint density at radius 1 is 1.12 bits per heavy atom. The Labute approximate surface area is 103 Å². The van der Waals surface area contributed by atoms with E-state index in [9.17, 15) is 0 Å². The Morgan fingerprint density at radius 3 is 2.53 bits per heavy atom. The maximum Gasteiger partial charge on any atom is 0.162 e. The SMILES string of the molecule is CCOCCCNc1ccc(OC)c(OC)c1. The average Bonchev–Trinajstić information content (AvgIpc) is 2.38. The van der Waals surface area contributed by atoms with E-state index in [4.69, 9.17) is 14.2 Å². The summed E-state index contributed by atoms with van der Waals surface area (Å²) in [4.78, 5) is 0. The minimum absolute atomic E-state index is 0.738. The first-order valence-corrected chi connectivity index (χ1v) is 5.85. The first kappa shape index (κ1) is 13.6. The number of rotatable bonds is 8. The van der Waals surface area contributed by atoms with Crippen LogP contribution in [-0.2, 0) is 4.74 Å². The van der Waals surface area contributed by atoms with Gasteiger partial charge in [0.25, 0.3) is 0 Å². The van der Waals surface area contributed by atoms with Gasteiger partial charge < -0.3 is 19.5 Å². The summed E-state index contributed by atoms with van der Waals surface area (Å²) in [6, 6.07) is 5.80. The van der Waals surface area contributed by atoms with E-state index >= 15 is 0 Å². The summed E-state index contributed by atoms with van der Waals surface area (Å²) in [5.41, 5.74) is 1.03. The van der Waals surface area contributed by atoms with Crippen LogP contribution in [0, 0.1) is 0 Å². The normalized spacial score (nSPS) is 10.1. The van der Waals surface area contributed by atoms with Crippen molar-refractivity contribution >= 4 is 5.69 Å². The molecule has 0 amide bonds. The molecule has 0 spiro atoms. The Hall–Kier alpha value is -1.42. The van der Waals surface area contributed by atoms with Crippen LogP contribution < -0.4 is 14.8 Å². The van der Waals surface area contributed by atoms with E-state index in [0.717, 1.165) is 43.4 Å². The Bertz CT molecular complexity index is 328. The summed E-state index contributed by atoms with van der Waals surface area (Å²) in [6.45, 7) is 4.45. The largest absolute Gasteiger partial charge is 0.493 e. The first-order valence-electron chi connectivity index (χ1n) is 5.85. The smallest absolute Gasteiger partial charge is 0.162 e. The molecule has 1 aromatic rings. The van der Waals surface area contributed by atoms with Crippen LogP contribution in [-0.4, -0.2) is 34.0 Å². The molecular formula is C13H21NO3. The lowest BCUT2D eigenvalue weighted by Crippen LogP contribution is -2.05. The van der Waals surface area contributed by atoms with Crippen molar-refractivity contribution in [2.45, 2.75) is 13.3 Å². The van der Waals surface area contributed by atoms with Crippen molar-refractivity contribution in [2.75, 3.05) is 39.3 Å². The van der Waals surface area contributed by atoms with Crippen molar-refractivity contribution in [2.24, 2.45) is 0 Å². The molecule has 1 rings (SSSR count). The Morgan fingerprint density at radius 2 is 1.88 bits per heavy atom. The quantitative estimate of drug-likeness (QED) is 0.708. The lowest BCUT2D eigenvalue weighted by molar-refractivity contribution is 0.147. The maximum absolute atomic E-state index is 5.27. The van der Waals surface area contributed by atoms with Crippen molar-refractivity contribution in [3.63, 3.8) is 0 Å². The topological polar surface area (TPSA) is 39.7 Å². The molecule has 0 aliphatic carbocycles. The van der Waals surface area contributed by atoms with Crippen molar-refractivity contribution in [1.82, 2.24) is 0 Å². The van der Waals surface area contributed by atoms with Gasteiger partial charge in [-0.25, -0.2) is 0 Å². The molecule has 0 fully saturated rings. The molecule has 96 valence electrons. The van der Waals surface area contributed by atoms with Gasteiger partial charge in [0.1, 0.15) is 0 Å². The predicted octanol–water partition coefficient (Wildman–Crippen LogP) is 2.54. The highest BCUT2D eigenvalue weighted by atomic mass is 16.5. The summed E-state index contributed by atoms with van der Waals surface area (Å²) in [6.07, 6.45) is 0.988. The standard InChI is InChI=1S/C13H21NO3/c1-4-17-9-5-8-14-11-6-7-12(15-2)13(10-11)16-3/h6-7,10,14H,4-5,8-9H2,1-3H3. The third kappa shape index (κ3) is 4.53. The summed E-state index contributed by atoms with van der Waals surface area (Å²) < 4.78 is 15.7. The molecule has 1 aromatic carbocycles. The van der Waals surface area contributed by atoms with Gasteiger partial charge in [0.2, 0.25) is 0 Å². The molecule has 0 saturated carbocycles. The lowest BCUT2D eigenvalue weighted by Gasteiger charge is -2.11. The third-order valence-corrected chi connectivity index (χ3v) is 2.38. The molecule has 0 atom stereocenters. The highest BCUT2D eigenvalue weighted by Gasteiger charge is 2.03. The maximum atomic E-state index is 5.27. The van der Waals surface area contributed by atoms with Crippen LogP contribution in [0.4, 0.5) is 5.69 Å². The fourth-order valence-corrected chi connectivity index (χ4v) is 1.50. The molecule has 0 saturated heterocycles. The van der Waals surface area contributed by atoms with E-state index in [1.165, 1.54) is 0 Å². The van der Waals surface area contributed by atoms with Gasteiger partial charge in [-0.15, -0.1) is 0 Å².